The summed E-state index contributed by atoms with van der Waals surface area (Å²) in [6.45, 7) is 6.97. The zero-order chi connectivity index (χ0) is 15.3. The van der Waals surface area contributed by atoms with Crippen LogP contribution in [0.15, 0.2) is 12.2 Å². The van der Waals surface area contributed by atoms with E-state index >= 15 is 0 Å². The Morgan fingerprint density at radius 2 is 1.76 bits per heavy atom. The van der Waals surface area contributed by atoms with E-state index in [9.17, 15) is 5.11 Å². The summed E-state index contributed by atoms with van der Waals surface area (Å²) >= 11 is 0. The predicted molar refractivity (Wildman–Crippen MR) is 84.1 cm³/mol. The average molecular weight is 297 g/mol. The molecule has 0 aromatic rings. The molecule has 0 saturated carbocycles. The molecule has 122 valence electrons. The van der Waals surface area contributed by atoms with Crippen molar-refractivity contribution in [2.75, 3.05) is 6.54 Å². The number of hydrogen-bond acceptors (Lipinski definition) is 4. The highest BCUT2D eigenvalue weighted by Crippen LogP contribution is 2.33. The smallest absolute Gasteiger partial charge is 0.164 e. The Morgan fingerprint density at radius 1 is 1.05 bits per heavy atom. The van der Waals surface area contributed by atoms with E-state index in [1.54, 1.807) is 0 Å². The Kier molecular flexibility index (Phi) is 6.23. The Morgan fingerprint density at radius 3 is 2.52 bits per heavy atom. The third-order valence-electron chi connectivity index (χ3n) is 4.29. The van der Waals surface area contributed by atoms with Crippen LogP contribution in [-0.2, 0) is 9.47 Å². The molecule has 2 rings (SSSR count). The molecule has 1 saturated heterocycles. The third kappa shape index (κ3) is 4.78. The van der Waals surface area contributed by atoms with Crippen molar-refractivity contribution in [1.82, 2.24) is 5.32 Å². The van der Waals surface area contributed by atoms with Crippen LogP contribution in [0.5, 0.6) is 0 Å². The topological polar surface area (TPSA) is 50.7 Å². The summed E-state index contributed by atoms with van der Waals surface area (Å²) in [7, 11) is 0. The van der Waals surface area contributed by atoms with Gasteiger partial charge in [-0.1, -0.05) is 51.2 Å². The molecular formula is C17H31NO3. The molecule has 1 heterocycles. The number of ether oxygens (including phenoxy) is 2. The Bertz CT molecular complexity index is 343. The first-order chi connectivity index (χ1) is 10.0. The maximum Gasteiger partial charge on any atom is 0.164 e. The molecule has 1 fully saturated rings. The van der Waals surface area contributed by atoms with Gasteiger partial charge in [0.1, 0.15) is 18.3 Å². The standard InChI is InChI=1S/C17H31NO3/c1-4-5-6-7-8-9-12-18-13-10-11-14-16(15(13)19)21-17(2,3)20-14/h10-11,13-16,18-19H,4-9,12H2,1-3H3/t13?,14?,15?,16-/m0/s1. The maximum atomic E-state index is 10.4. The molecule has 0 aromatic heterocycles. The van der Waals surface area contributed by atoms with Gasteiger partial charge in [0, 0.05) is 0 Å². The SMILES string of the molecule is CCCCCCCCNC1C=CC2OC(C)(C)O[C@@H]2C1O. The van der Waals surface area contributed by atoms with Crippen molar-refractivity contribution in [3.8, 4) is 0 Å². The summed E-state index contributed by atoms with van der Waals surface area (Å²) in [4.78, 5) is 0. The van der Waals surface area contributed by atoms with E-state index in [0.29, 0.717) is 0 Å². The first-order valence-electron chi connectivity index (χ1n) is 8.49. The number of rotatable bonds is 8. The van der Waals surface area contributed by atoms with Crippen molar-refractivity contribution in [2.24, 2.45) is 0 Å². The van der Waals surface area contributed by atoms with Gasteiger partial charge in [-0.05, 0) is 26.8 Å². The Balaban J connectivity index is 1.67. The molecule has 0 radical (unpaired) electrons. The number of unbranched alkanes of at least 4 members (excludes halogenated alkanes) is 5. The zero-order valence-corrected chi connectivity index (χ0v) is 13.7. The van der Waals surface area contributed by atoms with E-state index in [0.717, 1.165) is 13.0 Å². The average Bonchev–Trinajstić information content (AvgIpc) is 2.75. The Labute approximate surface area is 128 Å². The predicted octanol–water partition coefficient (Wildman–Crippen LogP) is 2.76. The number of nitrogens with one attached hydrogen (secondary N) is 1. The van der Waals surface area contributed by atoms with Gasteiger partial charge >= 0.3 is 0 Å². The molecule has 0 amide bonds. The van der Waals surface area contributed by atoms with Crippen LogP contribution in [-0.4, -0.2) is 41.8 Å². The van der Waals surface area contributed by atoms with Crippen molar-refractivity contribution in [3.05, 3.63) is 12.2 Å². The minimum absolute atomic E-state index is 0.0283. The molecule has 0 spiro atoms. The number of aliphatic hydroxyl groups excluding tert-OH is 1. The lowest BCUT2D eigenvalue weighted by Crippen LogP contribution is -2.51. The van der Waals surface area contributed by atoms with E-state index in [1.807, 2.05) is 26.0 Å². The second-order valence-corrected chi connectivity index (χ2v) is 6.69. The minimum atomic E-state index is -0.602. The molecule has 21 heavy (non-hydrogen) atoms. The summed E-state index contributed by atoms with van der Waals surface area (Å²) in [5, 5.41) is 13.9. The van der Waals surface area contributed by atoms with Crippen LogP contribution >= 0.6 is 0 Å². The highest BCUT2D eigenvalue weighted by Gasteiger charge is 2.47. The van der Waals surface area contributed by atoms with Crippen molar-refractivity contribution in [2.45, 2.75) is 89.4 Å². The van der Waals surface area contributed by atoms with Crippen molar-refractivity contribution < 1.29 is 14.6 Å². The van der Waals surface area contributed by atoms with E-state index in [-0.39, 0.29) is 18.2 Å². The van der Waals surface area contributed by atoms with Crippen LogP contribution in [0.4, 0.5) is 0 Å². The van der Waals surface area contributed by atoms with Crippen molar-refractivity contribution in [1.29, 1.82) is 0 Å². The minimum Gasteiger partial charge on any atom is -0.388 e. The molecule has 1 aliphatic heterocycles. The van der Waals surface area contributed by atoms with Gasteiger partial charge in [0.2, 0.25) is 0 Å². The first kappa shape index (κ1) is 16.9. The molecular weight excluding hydrogens is 266 g/mol. The van der Waals surface area contributed by atoms with Gasteiger partial charge < -0.3 is 19.9 Å². The first-order valence-corrected chi connectivity index (χ1v) is 8.49. The van der Waals surface area contributed by atoms with Crippen LogP contribution < -0.4 is 5.32 Å². The fourth-order valence-electron chi connectivity index (χ4n) is 3.14. The van der Waals surface area contributed by atoms with E-state index in [4.69, 9.17) is 9.47 Å². The lowest BCUT2D eigenvalue weighted by atomic mass is 9.94. The molecule has 4 heteroatoms. The monoisotopic (exact) mass is 297 g/mol. The number of fused-ring (bicyclic) bond motifs is 1. The Hall–Kier alpha value is -0.420. The van der Waals surface area contributed by atoms with Crippen LogP contribution in [0.2, 0.25) is 0 Å². The molecule has 4 nitrogen and oxygen atoms in total. The van der Waals surface area contributed by atoms with E-state index < -0.39 is 11.9 Å². The second-order valence-electron chi connectivity index (χ2n) is 6.69. The summed E-state index contributed by atoms with van der Waals surface area (Å²) in [5.41, 5.74) is 0. The second kappa shape index (κ2) is 7.73. The molecule has 4 atom stereocenters. The molecule has 2 aliphatic rings. The lowest BCUT2D eigenvalue weighted by Gasteiger charge is -2.31. The lowest BCUT2D eigenvalue weighted by molar-refractivity contribution is -0.153. The van der Waals surface area contributed by atoms with Crippen LogP contribution in [0.25, 0.3) is 0 Å². The van der Waals surface area contributed by atoms with E-state index in [2.05, 4.69) is 12.2 Å². The molecule has 0 bridgehead atoms. The highest BCUT2D eigenvalue weighted by molar-refractivity contribution is 5.13. The fraction of sp³-hybridized carbons (Fsp3) is 0.882. The van der Waals surface area contributed by atoms with Gasteiger partial charge in [-0.2, -0.15) is 0 Å². The quantitative estimate of drug-likeness (QED) is 0.534. The maximum absolute atomic E-state index is 10.4. The number of hydrogen-bond donors (Lipinski definition) is 2. The number of aliphatic hydroxyl groups is 1. The molecule has 0 aromatic carbocycles. The highest BCUT2D eigenvalue weighted by atomic mass is 16.8. The summed E-state index contributed by atoms with van der Waals surface area (Å²) in [5.74, 6) is -0.602. The van der Waals surface area contributed by atoms with Crippen LogP contribution in [0.1, 0.15) is 59.3 Å². The van der Waals surface area contributed by atoms with Gasteiger partial charge in [0.25, 0.3) is 0 Å². The molecule has 1 aliphatic carbocycles. The largest absolute Gasteiger partial charge is 0.388 e. The molecule has 3 unspecified atom stereocenters. The van der Waals surface area contributed by atoms with Crippen molar-refractivity contribution in [3.63, 3.8) is 0 Å². The third-order valence-corrected chi connectivity index (χ3v) is 4.29. The summed E-state index contributed by atoms with van der Waals surface area (Å²) in [6.07, 6.45) is 10.8. The van der Waals surface area contributed by atoms with Crippen molar-refractivity contribution >= 4 is 0 Å². The molecule has 2 N–H and O–H groups in total. The van der Waals surface area contributed by atoms with Gasteiger partial charge in [-0.15, -0.1) is 0 Å². The van der Waals surface area contributed by atoms with Gasteiger partial charge in [0.05, 0.1) is 6.04 Å². The van der Waals surface area contributed by atoms with Gasteiger partial charge in [-0.3, -0.25) is 0 Å². The van der Waals surface area contributed by atoms with Gasteiger partial charge in [-0.25, -0.2) is 0 Å². The van der Waals surface area contributed by atoms with Crippen LogP contribution in [0, 0.1) is 0 Å². The normalized spacial score (nSPS) is 34.1. The fourth-order valence-corrected chi connectivity index (χ4v) is 3.14. The van der Waals surface area contributed by atoms with Crippen LogP contribution in [0.3, 0.4) is 0 Å². The van der Waals surface area contributed by atoms with E-state index in [1.165, 1.54) is 32.1 Å². The van der Waals surface area contributed by atoms with Gasteiger partial charge in [0.15, 0.2) is 5.79 Å². The zero-order valence-electron chi connectivity index (χ0n) is 13.7. The summed E-state index contributed by atoms with van der Waals surface area (Å²) in [6, 6.07) is -0.0283. The summed E-state index contributed by atoms with van der Waals surface area (Å²) < 4.78 is 11.6.